The minimum atomic E-state index is -0.194. The van der Waals surface area contributed by atoms with Gasteiger partial charge in [-0.05, 0) is 66.2 Å². The summed E-state index contributed by atoms with van der Waals surface area (Å²) >= 11 is 1.33. The maximum Gasteiger partial charge on any atom is 0.206 e. The number of thiophene rings is 1. The number of carbonyl (C=O) groups excluding carboxylic acids is 2. The molecule has 1 aromatic heterocycles. The maximum atomic E-state index is 13.2. The highest BCUT2D eigenvalue weighted by atomic mass is 32.1. The van der Waals surface area contributed by atoms with Gasteiger partial charge >= 0.3 is 0 Å². The number of aromatic hydroxyl groups is 1. The van der Waals surface area contributed by atoms with Crippen molar-refractivity contribution in [3.05, 3.63) is 88.8 Å². The van der Waals surface area contributed by atoms with Crippen LogP contribution in [0.3, 0.4) is 0 Å². The van der Waals surface area contributed by atoms with Gasteiger partial charge in [-0.3, -0.25) is 9.59 Å². The molecule has 4 aromatic rings. The van der Waals surface area contributed by atoms with Crippen molar-refractivity contribution < 1.29 is 24.2 Å². The third-order valence-electron chi connectivity index (χ3n) is 4.65. The van der Waals surface area contributed by atoms with Gasteiger partial charge in [0, 0.05) is 15.6 Å². The second kappa shape index (κ2) is 8.85. The van der Waals surface area contributed by atoms with Gasteiger partial charge in [0.1, 0.15) is 28.4 Å². The second-order valence-electron chi connectivity index (χ2n) is 6.66. The molecule has 6 heteroatoms. The van der Waals surface area contributed by atoms with E-state index in [2.05, 4.69) is 0 Å². The second-order valence-corrected chi connectivity index (χ2v) is 7.72. The van der Waals surface area contributed by atoms with Gasteiger partial charge in [-0.1, -0.05) is 18.2 Å². The number of methoxy groups -OCH3 is 1. The first kappa shape index (κ1) is 20.4. The monoisotopic (exact) mass is 430 g/mol. The number of ether oxygens (including phenoxy) is 2. The molecule has 0 aliphatic rings. The summed E-state index contributed by atoms with van der Waals surface area (Å²) in [5.41, 5.74) is 1.32. The van der Waals surface area contributed by atoms with Crippen LogP contribution in [0.2, 0.25) is 0 Å². The molecule has 0 radical (unpaired) electrons. The highest BCUT2D eigenvalue weighted by Gasteiger charge is 2.22. The normalized spacial score (nSPS) is 11.0. The van der Waals surface area contributed by atoms with Crippen LogP contribution in [0, 0.1) is 0 Å². The molecule has 5 nitrogen and oxygen atoms in total. The lowest BCUT2D eigenvalue weighted by molar-refractivity contribution is -0.104. The number of phenols is 1. The Morgan fingerprint density at radius 1 is 0.968 bits per heavy atom. The van der Waals surface area contributed by atoms with Gasteiger partial charge in [-0.15, -0.1) is 11.3 Å². The molecule has 0 aliphatic heterocycles. The minimum Gasteiger partial charge on any atom is -0.508 e. The first-order chi connectivity index (χ1) is 15.1. The number of hydrogen-bond acceptors (Lipinski definition) is 6. The lowest BCUT2D eigenvalue weighted by atomic mass is 10.1. The smallest absolute Gasteiger partial charge is 0.206 e. The summed E-state index contributed by atoms with van der Waals surface area (Å²) in [6.07, 6.45) is 3.84. The first-order valence-corrected chi connectivity index (χ1v) is 10.2. The van der Waals surface area contributed by atoms with E-state index in [9.17, 15) is 14.7 Å². The van der Waals surface area contributed by atoms with Crippen LogP contribution in [0.5, 0.6) is 23.0 Å². The SMILES string of the molecule is COc1ccc2c(Oc3ccc(/C=C/C=O)cc3)c(C(=O)c3ccc(O)cc3)sc2c1. The third-order valence-corrected chi connectivity index (χ3v) is 5.79. The summed E-state index contributed by atoms with van der Waals surface area (Å²) in [6, 6.07) is 18.9. The van der Waals surface area contributed by atoms with E-state index >= 15 is 0 Å². The summed E-state index contributed by atoms with van der Waals surface area (Å²) in [7, 11) is 1.59. The number of carbonyl (C=O) groups is 2. The maximum absolute atomic E-state index is 13.2. The van der Waals surface area contributed by atoms with Crippen molar-refractivity contribution in [1.29, 1.82) is 0 Å². The van der Waals surface area contributed by atoms with Crippen molar-refractivity contribution in [2.24, 2.45) is 0 Å². The number of benzene rings is 3. The number of aldehydes is 1. The van der Waals surface area contributed by atoms with Gasteiger partial charge in [-0.2, -0.15) is 0 Å². The largest absolute Gasteiger partial charge is 0.508 e. The van der Waals surface area contributed by atoms with Crippen LogP contribution in [0.1, 0.15) is 20.8 Å². The lowest BCUT2D eigenvalue weighted by Gasteiger charge is -2.08. The van der Waals surface area contributed by atoms with Crippen LogP contribution < -0.4 is 9.47 Å². The lowest BCUT2D eigenvalue weighted by Crippen LogP contribution is -2.00. The Balaban J connectivity index is 1.77. The molecule has 0 spiro atoms. The predicted octanol–water partition coefficient (Wildman–Crippen LogP) is 5.85. The molecule has 0 amide bonds. The van der Waals surface area contributed by atoms with Gasteiger partial charge in [0.25, 0.3) is 0 Å². The number of fused-ring (bicyclic) bond motifs is 1. The fourth-order valence-electron chi connectivity index (χ4n) is 3.09. The number of allylic oxidation sites excluding steroid dienone is 1. The fourth-order valence-corrected chi connectivity index (χ4v) is 4.21. The molecule has 1 N–H and O–H groups in total. The van der Waals surface area contributed by atoms with Crippen LogP contribution in [0.15, 0.2) is 72.8 Å². The standard InChI is InChI=1S/C25H18O5S/c1-29-20-12-13-21-22(15-20)31-25(23(28)17-6-8-18(27)9-7-17)24(21)30-19-10-4-16(5-11-19)3-2-14-26/h2-15,27H,1H3/b3-2+. The third kappa shape index (κ3) is 4.34. The minimum absolute atomic E-state index is 0.0952. The van der Waals surface area contributed by atoms with Crippen LogP contribution in [-0.4, -0.2) is 24.3 Å². The van der Waals surface area contributed by atoms with E-state index in [1.807, 2.05) is 30.3 Å². The van der Waals surface area contributed by atoms with Crippen LogP contribution in [-0.2, 0) is 4.79 Å². The summed E-state index contributed by atoms with van der Waals surface area (Å²) in [5, 5.41) is 10.3. The molecule has 0 saturated carbocycles. The van der Waals surface area contributed by atoms with Crippen molar-refractivity contribution in [2.75, 3.05) is 7.11 Å². The molecule has 154 valence electrons. The van der Waals surface area contributed by atoms with Crippen LogP contribution in [0.4, 0.5) is 0 Å². The zero-order valence-corrected chi connectivity index (χ0v) is 17.4. The van der Waals surface area contributed by atoms with Crippen LogP contribution >= 0.6 is 11.3 Å². The number of ketones is 1. The molecule has 0 saturated heterocycles. The van der Waals surface area contributed by atoms with Crippen LogP contribution in [0.25, 0.3) is 16.2 Å². The van der Waals surface area contributed by atoms with Gasteiger partial charge in [0.05, 0.1) is 7.11 Å². The van der Waals surface area contributed by atoms with Gasteiger partial charge in [-0.25, -0.2) is 0 Å². The van der Waals surface area contributed by atoms with E-state index in [0.29, 0.717) is 27.7 Å². The van der Waals surface area contributed by atoms with E-state index in [-0.39, 0.29) is 11.5 Å². The molecule has 1 heterocycles. The van der Waals surface area contributed by atoms with Gasteiger partial charge in [0.15, 0.2) is 5.75 Å². The Labute approximate surface area is 182 Å². The molecule has 0 unspecified atom stereocenters. The summed E-state index contributed by atoms with van der Waals surface area (Å²) in [6.45, 7) is 0. The Morgan fingerprint density at radius 2 is 1.68 bits per heavy atom. The van der Waals surface area contributed by atoms with E-state index in [0.717, 1.165) is 21.9 Å². The van der Waals surface area contributed by atoms with Gasteiger partial charge < -0.3 is 14.6 Å². The molecule has 4 rings (SSSR count). The number of rotatable bonds is 7. The molecular formula is C25H18O5S. The topological polar surface area (TPSA) is 72.8 Å². The fraction of sp³-hybridized carbons (Fsp3) is 0.0400. The molecular weight excluding hydrogens is 412 g/mol. The van der Waals surface area contributed by atoms with Crippen molar-refractivity contribution in [2.45, 2.75) is 0 Å². The zero-order valence-electron chi connectivity index (χ0n) is 16.6. The average molecular weight is 430 g/mol. The number of hydrogen-bond donors (Lipinski definition) is 1. The van der Waals surface area contributed by atoms with E-state index < -0.39 is 0 Å². The Hall–Kier alpha value is -3.90. The van der Waals surface area contributed by atoms with Gasteiger partial charge in [0.2, 0.25) is 5.78 Å². The summed E-state index contributed by atoms with van der Waals surface area (Å²) in [4.78, 5) is 24.2. The van der Waals surface area contributed by atoms with E-state index in [4.69, 9.17) is 9.47 Å². The molecule has 0 bridgehead atoms. The van der Waals surface area contributed by atoms with Crippen molar-refractivity contribution in [1.82, 2.24) is 0 Å². The number of phenolic OH excluding ortho intramolecular Hbond substituents is 1. The Morgan fingerprint density at radius 3 is 2.35 bits per heavy atom. The first-order valence-electron chi connectivity index (χ1n) is 9.43. The zero-order chi connectivity index (χ0) is 21.8. The molecule has 0 fully saturated rings. The van der Waals surface area contributed by atoms with Crippen molar-refractivity contribution in [3.63, 3.8) is 0 Å². The molecule has 0 atom stereocenters. The van der Waals surface area contributed by atoms with E-state index in [1.54, 1.807) is 37.5 Å². The van der Waals surface area contributed by atoms with Crippen molar-refractivity contribution in [3.8, 4) is 23.0 Å². The quantitative estimate of drug-likeness (QED) is 0.226. The summed E-state index contributed by atoms with van der Waals surface area (Å²) in [5.74, 6) is 1.63. The molecule has 31 heavy (non-hydrogen) atoms. The molecule has 3 aromatic carbocycles. The van der Waals surface area contributed by atoms with Crippen molar-refractivity contribution >= 4 is 39.6 Å². The highest BCUT2D eigenvalue weighted by molar-refractivity contribution is 7.21. The van der Waals surface area contributed by atoms with E-state index in [1.165, 1.54) is 29.5 Å². The average Bonchev–Trinajstić information content (AvgIpc) is 3.16. The highest BCUT2D eigenvalue weighted by Crippen LogP contribution is 2.42. The Kier molecular flexibility index (Phi) is 5.82. The Bertz CT molecular complexity index is 1270. The predicted molar refractivity (Wildman–Crippen MR) is 122 cm³/mol. The molecule has 0 aliphatic carbocycles. The summed E-state index contributed by atoms with van der Waals surface area (Å²) < 4.78 is 12.3.